The third kappa shape index (κ3) is 7.89. The first kappa shape index (κ1) is 22.0. The van der Waals surface area contributed by atoms with Crippen LogP contribution < -0.4 is 5.32 Å². The van der Waals surface area contributed by atoms with Crippen LogP contribution in [0.5, 0.6) is 0 Å². The zero-order valence-corrected chi connectivity index (χ0v) is 15.4. The average Bonchev–Trinajstić information content (AvgIpc) is 2.59. The number of benzene rings is 1. The van der Waals surface area contributed by atoms with Crippen LogP contribution in [0.2, 0.25) is 0 Å². The highest BCUT2D eigenvalue weighted by molar-refractivity contribution is 5.79. The Bertz CT molecular complexity index is 582. The van der Waals surface area contributed by atoms with Crippen LogP contribution in [0.4, 0.5) is 13.2 Å². The van der Waals surface area contributed by atoms with Crippen molar-refractivity contribution >= 4 is 11.8 Å². The molecule has 0 saturated heterocycles. The van der Waals surface area contributed by atoms with Gasteiger partial charge in [0.25, 0.3) is 0 Å². The maximum Gasteiger partial charge on any atom is 0.416 e. The van der Waals surface area contributed by atoms with E-state index in [1.807, 2.05) is 13.8 Å². The SMILES string of the molecule is CCCN(CCC)C(=O)CCCC(=O)NCc1cccc(C(F)(F)F)c1. The van der Waals surface area contributed by atoms with Gasteiger partial charge in [-0.25, -0.2) is 0 Å². The molecule has 1 N–H and O–H groups in total. The van der Waals surface area contributed by atoms with Crippen LogP contribution in [0.1, 0.15) is 57.1 Å². The predicted molar refractivity (Wildman–Crippen MR) is 94.3 cm³/mol. The molecule has 0 radical (unpaired) electrons. The summed E-state index contributed by atoms with van der Waals surface area (Å²) in [5.74, 6) is -0.230. The number of carbonyl (C=O) groups excluding carboxylic acids is 2. The van der Waals surface area contributed by atoms with E-state index in [-0.39, 0.29) is 24.8 Å². The van der Waals surface area contributed by atoms with Crippen molar-refractivity contribution in [1.29, 1.82) is 0 Å². The van der Waals surface area contributed by atoms with Gasteiger partial charge >= 0.3 is 6.18 Å². The zero-order chi connectivity index (χ0) is 19.6. The van der Waals surface area contributed by atoms with Crippen molar-refractivity contribution in [3.05, 3.63) is 35.4 Å². The summed E-state index contributed by atoms with van der Waals surface area (Å²) in [7, 11) is 0. The molecule has 0 heterocycles. The Balaban J connectivity index is 2.38. The molecule has 0 unspecified atom stereocenters. The number of halogens is 3. The number of alkyl halides is 3. The highest BCUT2D eigenvalue weighted by Crippen LogP contribution is 2.29. The summed E-state index contributed by atoms with van der Waals surface area (Å²) in [6, 6.07) is 4.87. The van der Waals surface area contributed by atoms with Crippen LogP contribution in [-0.4, -0.2) is 29.8 Å². The molecule has 0 aliphatic carbocycles. The standard InChI is InChI=1S/C19H27F3N2O2/c1-3-11-24(12-4-2)18(26)10-6-9-17(25)23-14-15-7-5-8-16(13-15)19(20,21)22/h5,7-8,13H,3-4,6,9-12,14H2,1-2H3,(H,23,25). The fraction of sp³-hybridized carbons (Fsp3) is 0.579. The predicted octanol–water partition coefficient (Wildman–Crippen LogP) is 4.14. The number of hydrogen-bond acceptors (Lipinski definition) is 2. The molecule has 0 atom stereocenters. The van der Waals surface area contributed by atoms with Crippen LogP contribution in [0, 0.1) is 0 Å². The van der Waals surface area contributed by atoms with E-state index >= 15 is 0 Å². The number of amides is 2. The molecule has 2 amide bonds. The molecule has 26 heavy (non-hydrogen) atoms. The van der Waals surface area contributed by atoms with E-state index in [9.17, 15) is 22.8 Å². The van der Waals surface area contributed by atoms with Gasteiger partial charge in [0.1, 0.15) is 0 Å². The quantitative estimate of drug-likeness (QED) is 0.671. The summed E-state index contributed by atoms with van der Waals surface area (Å²) in [5.41, 5.74) is -0.344. The molecule has 0 aliphatic heterocycles. The minimum absolute atomic E-state index is 0.0362. The van der Waals surface area contributed by atoms with Crippen molar-refractivity contribution in [3.63, 3.8) is 0 Å². The van der Waals surface area contributed by atoms with Gasteiger partial charge in [-0.3, -0.25) is 9.59 Å². The van der Waals surface area contributed by atoms with Crippen LogP contribution in [-0.2, 0) is 22.3 Å². The van der Waals surface area contributed by atoms with Gasteiger partial charge in [-0.15, -0.1) is 0 Å². The first-order chi connectivity index (χ1) is 12.3. The van der Waals surface area contributed by atoms with Crippen molar-refractivity contribution in [2.75, 3.05) is 13.1 Å². The Morgan fingerprint density at radius 3 is 2.31 bits per heavy atom. The van der Waals surface area contributed by atoms with E-state index in [1.54, 1.807) is 4.90 Å². The maximum absolute atomic E-state index is 12.7. The van der Waals surface area contributed by atoms with Gasteiger partial charge in [-0.1, -0.05) is 26.0 Å². The number of rotatable bonds is 10. The zero-order valence-electron chi connectivity index (χ0n) is 15.4. The van der Waals surface area contributed by atoms with Crippen LogP contribution in [0.25, 0.3) is 0 Å². The summed E-state index contributed by atoms with van der Waals surface area (Å²) in [6.45, 7) is 5.49. The Kier molecular flexibility index (Phi) is 9.16. The molecular formula is C19H27F3N2O2. The highest BCUT2D eigenvalue weighted by Gasteiger charge is 2.30. The van der Waals surface area contributed by atoms with Crippen LogP contribution >= 0.6 is 0 Å². The summed E-state index contributed by atoms with van der Waals surface area (Å²) < 4.78 is 38.0. The Hall–Kier alpha value is -2.05. The lowest BCUT2D eigenvalue weighted by Gasteiger charge is -2.21. The van der Waals surface area contributed by atoms with Gasteiger partial charge < -0.3 is 10.2 Å². The third-order valence-corrected chi connectivity index (χ3v) is 3.88. The van der Waals surface area contributed by atoms with Gasteiger partial charge in [-0.05, 0) is 37.0 Å². The minimum atomic E-state index is -4.40. The molecule has 7 heteroatoms. The van der Waals surface area contributed by atoms with E-state index in [4.69, 9.17) is 0 Å². The molecular weight excluding hydrogens is 345 g/mol. The van der Waals surface area contributed by atoms with Gasteiger partial charge in [0.2, 0.25) is 11.8 Å². The second-order valence-electron chi connectivity index (χ2n) is 6.21. The first-order valence-corrected chi connectivity index (χ1v) is 8.98. The summed E-state index contributed by atoms with van der Waals surface area (Å²) in [4.78, 5) is 25.8. The van der Waals surface area contributed by atoms with Gasteiger partial charge in [0.15, 0.2) is 0 Å². The molecule has 0 saturated carbocycles. The number of nitrogens with zero attached hydrogens (tertiary/aromatic N) is 1. The Labute approximate surface area is 152 Å². The topological polar surface area (TPSA) is 49.4 Å². The van der Waals surface area contributed by atoms with E-state index < -0.39 is 11.7 Å². The Morgan fingerprint density at radius 1 is 1.08 bits per heavy atom. The summed E-state index contributed by atoms with van der Waals surface area (Å²) in [5, 5.41) is 2.60. The second-order valence-corrected chi connectivity index (χ2v) is 6.21. The molecule has 1 aromatic carbocycles. The Morgan fingerprint density at radius 2 is 1.73 bits per heavy atom. The second kappa shape index (κ2) is 10.8. The summed E-state index contributed by atoms with van der Waals surface area (Å²) in [6.07, 6.45) is -1.71. The highest BCUT2D eigenvalue weighted by atomic mass is 19.4. The van der Waals surface area contributed by atoms with Crippen molar-refractivity contribution < 1.29 is 22.8 Å². The lowest BCUT2D eigenvalue weighted by atomic mass is 10.1. The lowest BCUT2D eigenvalue weighted by Crippen LogP contribution is -2.32. The smallest absolute Gasteiger partial charge is 0.352 e. The molecule has 0 aliphatic rings. The molecule has 0 bridgehead atoms. The fourth-order valence-electron chi connectivity index (χ4n) is 2.61. The molecule has 1 aromatic rings. The molecule has 0 fully saturated rings. The van der Waals surface area contributed by atoms with Crippen LogP contribution in [0.3, 0.4) is 0 Å². The van der Waals surface area contributed by atoms with Gasteiger partial charge in [0.05, 0.1) is 5.56 Å². The number of nitrogens with one attached hydrogen (secondary N) is 1. The molecule has 4 nitrogen and oxygen atoms in total. The molecule has 0 spiro atoms. The van der Waals surface area contributed by atoms with Gasteiger partial charge in [0, 0.05) is 32.5 Å². The van der Waals surface area contributed by atoms with Crippen molar-refractivity contribution in [2.45, 2.75) is 58.7 Å². The monoisotopic (exact) mass is 372 g/mol. The van der Waals surface area contributed by atoms with Crippen LogP contribution in [0.15, 0.2) is 24.3 Å². The van der Waals surface area contributed by atoms with E-state index in [1.165, 1.54) is 12.1 Å². The van der Waals surface area contributed by atoms with Crippen molar-refractivity contribution in [3.8, 4) is 0 Å². The fourth-order valence-corrected chi connectivity index (χ4v) is 2.61. The number of carbonyl (C=O) groups is 2. The molecule has 146 valence electrons. The van der Waals surface area contributed by atoms with Crippen molar-refractivity contribution in [2.24, 2.45) is 0 Å². The normalized spacial score (nSPS) is 11.3. The minimum Gasteiger partial charge on any atom is -0.352 e. The molecule has 0 aromatic heterocycles. The number of hydrogen-bond donors (Lipinski definition) is 1. The lowest BCUT2D eigenvalue weighted by molar-refractivity contribution is -0.137. The van der Waals surface area contributed by atoms with E-state index in [0.717, 1.165) is 25.0 Å². The first-order valence-electron chi connectivity index (χ1n) is 8.98. The average molecular weight is 372 g/mol. The summed E-state index contributed by atoms with van der Waals surface area (Å²) >= 11 is 0. The largest absolute Gasteiger partial charge is 0.416 e. The maximum atomic E-state index is 12.7. The van der Waals surface area contributed by atoms with E-state index in [0.29, 0.717) is 31.5 Å². The van der Waals surface area contributed by atoms with Gasteiger partial charge in [-0.2, -0.15) is 13.2 Å². The third-order valence-electron chi connectivity index (χ3n) is 3.88. The van der Waals surface area contributed by atoms with E-state index in [2.05, 4.69) is 5.32 Å². The molecule has 1 rings (SSSR count). The van der Waals surface area contributed by atoms with Crippen molar-refractivity contribution in [1.82, 2.24) is 10.2 Å².